The minimum atomic E-state index is 0.0416. The first-order valence-corrected chi connectivity index (χ1v) is 6.18. The Morgan fingerprint density at radius 1 is 1.27 bits per heavy atom. The van der Waals surface area contributed by atoms with Crippen molar-refractivity contribution in [1.29, 1.82) is 0 Å². The molecule has 1 fully saturated rings. The predicted octanol–water partition coefficient (Wildman–Crippen LogP) is 2.12. The van der Waals surface area contributed by atoms with Crippen molar-refractivity contribution >= 4 is 0 Å². The number of nitrogens with zero attached hydrogens (tertiary/aromatic N) is 1. The molecule has 3 heteroatoms. The van der Waals surface area contributed by atoms with E-state index in [4.69, 9.17) is 9.47 Å². The van der Waals surface area contributed by atoms with Crippen molar-refractivity contribution in [1.82, 2.24) is 4.90 Å². The third-order valence-corrected chi connectivity index (χ3v) is 2.65. The molecule has 0 aliphatic carbocycles. The summed E-state index contributed by atoms with van der Waals surface area (Å²) in [5.74, 6) is 0.734. The molecule has 0 bridgehead atoms. The van der Waals surface area contributed by atoms with Crippen LogP contribution in [0.5, 0.6) is 0 Å². The standard InChI is InChI=1S/C12H25NO2/c1-4-13(10-11(2)3)7-6-12-14-8-5-9-15-12/h11-12H,4-10H2,1-3H3. The molecule has 90 valence electrons. The van der Waals surface area contributed by atoms with E-state index < -0.39 is 0 Å². The van der Waals surface area contributed by atoms with Gasteiger partial charge < -0.3 is 14.4 Å². The Hall–Kier alpha value is -0.120. The lowest BCUT2D eigenvalue weighted by atomic mass is 10.2. The fraction of sp³-hybridized carbons (Fsp3) is 1.00. The summed E-state index contributed by atoms with van der Waals surface area (Å²) in [7, 11) is 0. The maximum Gasteiger partial charge on any atom is 0.158 e. The van der Waals surface area contributed by atoms with Gasteiger partial charge in [-0.1, -0.05) is 20.8 Å². The van der Waals surface area contributed by atoms with Crippen LogP contribution in [-0.4, -0.2) is 44.0 Å². The zero-order chi connectivity index (χ0) is 11.1. The molecule has 15 heavy (non-hydrogen) atoms. The second kappa shape index (κ2) is 7.20. The molecule has 0 spiro atoms. The number of hydrogen-bond donors (Lipinski definition) is 0. The summed E-state index contributed by atoms with van der Waals surface area (Å²) < 4.78 is 11.1. The fourth-order valence-corrected chi connectivity index (χ4v) is 1.89. The van der Waals surface area contributed by atoms with Gasteiger partial charge in [-0.25, -0.2) is 0 Å². The topological polar surface area (TPSA) is 21.7 Å². The normalized spacial score (nSPS) is 19.0. The molecule has 3 nitrogen and oxygen atoms in total. The highest BCUT2D eigenvalue weighted by molar-refractivity contribution is 4.61. The van der Waals surface area contributed by atoms with Gasteiger partial charge >= 0.3 is 0 Å². The highest BCUT2D eigenvalue weighted by Crippen LogP contribution is 2.10. The highest BCUT2D eigenvalue weighted by atomic mass is 16.7. The molecule has 1 saturated heterocycles. The summed E-state index contributed by atoms with van der Waals surface area (Å²) in [6.07, 6.45) is 2.08. The summed E-state index contributed by atoms with van der Waals surface area (Å²) in [5, 5.41) is 0. The quantitative estimate of drug-likeness (QED) is 0.677. The van der Waals surface area contributed by atoms with Crippen LogP contribution in [0.1, 0.15) is 33.6 Å². The Morgan fingerprint density at radius 3 is 2.47 bits per heavy atom. The zero-order valence-electron chi connectivity index (χ0n) is 10.4. The van der Waals surface area contributed by atoms with Crippen molar-refractivity contribution in [2.75, 3.05) is 32.8 Å². The minimum Gasteiger partial charge on any atom is -0.353 e. The molecule has 0 aromatic heterocycles. The van der Waals surface area contributed by atoms with Gasteiger partial charge in [0, 0.05) is 19.5 Å². The molecule has 0 aromatic rings. The van der Waals surface area contributed by atoms with Crippen LogP contribution in [0, 0.1) is 5.92 Å². The van der Waals surface area contributed by atoms with E-state index in [0.29, 0.717) is 0 Å². The van der Waals surface area contributed by atoms with E-state index >= 15 is 0 Å². The van der Waals surface area contributed by atoms with Gasteiger partial charge in [0.25, 0.3) is 0 Å². The van der Waals surface area contributed by atoms with E-state index in [2.05, 4.69) is 25.7 Å². The molecular formula is C12H25NO2. The highest BCUT2D eigenvalue weighted by Gasteiger charge is 2.15. The van der Waals surface area contributed by atoms with Gasteiger partial charge in [0.1, 0.15) is 0 Å². The SMILES string of the molecule is CCN(CCC1OCCCO1)CC(C)C. The van der Waals surface area contributed by atoms with Gasteiger partial charge in [-0.2, -0.15) is 0 Å². The molecule has 0 aromatic carbocycles. The summed E-state index contributed by atoms with van der Waals surface area (Å²) in [5.41, 5.74) is 0. The van der Waals surface area contributed by atoms with Crippen LogP contribution in [0.15, 0.2) is 0 Å². The first-order chi connectivity index (χ1) is 7.22. The number of rotatable bonds is 6. The number of hydrogen-bond acceptors (Lipinski definition) is 3. The Kier molecular flexibility index (Phi) is 6.22. The molecular weight excluding hydrogens is 190 g/mol. The van der Waals surface area contributed by atoms with Crippen molar-refractivity contribution in [3.8, 4) is 0 Å². The van der Waals surface area contributed by atoms with Crippen molar-refractivity contribution in [3.05, 3.63) is 0 Å². The first-order valence-electron chi connectivity index (χ1n) is 6.18. The van der Waals surface area contributed by atoms with Crippen molar-refractivity contribution in [2.24, 2.45) is 5.92 Å². The monoisotopic (exact) mass is 215 g/mol. The van der Waals surface area contributed by atoms with E-state index in [1.165, 1.54) is 6.54 Å². The van der Waals surface area contributed by atoms with Crippen LogP contribution in [0.25, 0.3) is 0 Å². The van der Waals surface area contributed by atoms with E-state index in [0.717, 1.165) is 45.1 Å². The molecule has 0 atom stereocenters. The molecule has 0 N–H and O–H groups in total. The van der Waals surface area contributed by atoms with E-state index in [9.17, 15) is 0 Å². The van der Waals surface area contributed by atoms with Crippen LogP contribution >= 0.6 is 0 Å². The zero-order valence-corrected chi connectivity index (χ0v) is 10.4. The van der Waals surface area contributed by atoms with Crippen molar-refractivity contribution in [3.63, 3.8) is 0 Å². The molecule has 0 saturated carbocycles. The van der Waals surface area contributed by atoms with Crippen LogP contribution in [0.2, 0.25) is 0 Å². The lowest BCUT2D eigenvalue weighted by molar-refractivity contribution is -0.182. The van der Waals surface area contributed by atoms with Crippen LogP contribution in [0.3, 0.4) is 0 Å². The maximum absolute atomic E-state index is 5.53. The summed E-state index contributed by atoms with van der Waals surface area (Å²) in [4.78, 5) is 2.46. The Labute approximate surface area is 93.7 Å². The molecule has 0 radical (unpaired) electrons. The Bertz CT molecular complexity index is 156. The van der Waals surface area contributed by atoms with Crippen LogP contribution < -0.4 is 0 Å². The molecule has 1 heterocycles. The molecule has 0 amide bonds. The van der Waals surface area contributed by atoms with E-state index in [-0.39, 0.29) is 6.29 Å². The molecule has 1 rings (SSSR count). The summed E-state index contributed by atoms with van der Waals surface area (Å²) in [6.45, 7) is 11.8. The first kappa shape index (κ1) is 12.9. The average Bonchev–Trinajstić information content (AvgIpc) is 2.25. The van der Waals surface area contributed by atoms with Gasteiger partial charge in [-0.3, -0.25) is 0 Å². The van der Waals surface area contributed by atoms with Gasteiger partial charge in [-0.05, 0) is 18.9 Å². The second-order valence-corrected chi connectivity index (χ2v) is 4.60. The summed E-state index contributed by atoms with van der Waals surface area (Å²) in [6, 6.07) is 0. The van der Waals surface area contributed by atoms with Gasteiger partial charge in [0.05, 0.1) is 13.2 Å². The van der Waals surface area contributed by atoms with Gasteiger partial charge in [0.15, 0.2) is 6.29 Å². The van der Waals surface area contributed by atoms with Crippen molar-refractivity contribution < 1.29 is 9.47 Å². The Morgan fingerprint density at radius 2 is 1.93 bits per heavy atom. The van der Waals surface area contributed by atoms with E-state index in [1.807, 2.05) is 0 Å². The van der Waals surface area contributed by atoms with Gasteiger partial charge in [-0.15, -0.1) is 0 Å². The minimum absolute atomic E-state index is 0.0416. The van der Waals surface area contributed by atoms with Crippen molar-refractivity contribution in [2.45, 2.75) is 39.9 Å². The number of ether oxygens (including phenoxy) is 2. The van der Waals surface area contributed by atoms with Gasteiger partial charge in [0.2, 0.25) is 0 Å². The summed E-state index contributed by atoms with van der Waals surface area (Å²) >= 11 is 0. The van der Waals surface area contributed by atoms with E-state index in [1.54, 1.807) is 0 Å². The molecule has 0 unspecified atom stereocenters. The molecule has 1 aliphatic heterocycles. The second-order valence-electron chi connectivity index (χ2n) is 4.60. The van der Waals surface area contributed by atoms with Crippen LogP contribution in [-0.2, 0) is 9.47 Å². The third kappa shape index (κ3) is 5.50. The Balaban J connectivity index is 2.14. The molecule has 1 aliphatic rings. The lowest BCUT2D eigenvalue weighted by Gasteiger charge is -2.27. The third-order valence-electron chi connectivity index (χ3n) is 2.65. The predicted molar refractivity (Wildman–Crippen MR) is 61.9 cm³/mol. The van der Waals surface area contributed by atoms with Crippen LogP contribution in [0.4, 0.5) is 0 Å². The largest absolute Gasteiger partial charge is 0.353 e. The smallest absolute Gasteiger partial charge is 0.158 e. The lowest BCUT2D eigenvalue weighted by Crippen LogP contribution is -2.33. The maximum atomic E-state index is 5.53. The average molecular weight is 215 g/mol. The fourth-order valence-electron chi connectivity index (χ4n) is 1.89.